The van der Waals surface area contributed by atoms with Gasteiger partial charge >= 0.3 is 0 Å². The van der Waals surface area contributed by atoms with Gasteiger partial charge in [0, 0.05) is 18.6 Å². The molecular formula is C17H27FN2. The molecule has 1 aliphatic rings. The van der Waals surface area contributed by atoms with Gasteiger partial charge in [0.05, 0.1) is 5.69 Å². The lowest BCUT2D eigenvalue weighted by Gasteiger charge is -2.32. The van der Waals surface area contributed by atoms with E-state index < -0.39 is 0 Å². The zero-order valence-electron chi connectivity index (χ0n) is 12.7. The smallest absolute Gasteiger partial charge is 0.146 e. The molecule has 1 aromatic carbocycles. The second kappa shape index (κ2) is 7.07. The minimum Gasteiger partial charge on any atom is -0.366 e. The summed E-state index contributed by atoms with van der Waals surface area (Å²) in [6.45, 7) is 5.25. The minimum atomic E-state index is -0.0976. The Hall–Kier alpha value is -1.09. The maximum atomic E-state index is 14.4. The molecule has 2 N–H and O–H groups in total. The summed E-state index contributed by atoms with van der Waals surface area (Å²) >= 11 is 0. The summed E-state index contributed by atoms with van der Waals surface area (Å²) in [6.07, 6.45) is 6.47. The summed E-state index contributed by atoms with van der Waals surface area (Å²) in [6, 6.07) is 5.93. The molecule has 1 saturated heterocycles. The van der Waals surface area contributed by atoms with Gasteiger partial charge < -0.3 is 10.6 Å². The Bertz CT molecular complexity index is 433. The molecule has 0 bridgehead atoms. The van der Waals surface area contributed by atoms with Crippen molar-refractivity contribution in [3.05, 3.63) is 29.6 Å². The first kappa shape index (κ1) is 15.3. The van der Waals surface area contributed by atoms with Crippen LogP contribution in [0, 0.1) is 5.82 Å². The molecule has 1 heterocycles. The summed E-state index contributed by atoms with van der Waals surface area (Å²) in [4.78, 5) is 2.26. The van der Waals surface area contributed by atoms with Gasteiger partial charge in [-0.3, -0.25) is 0 Å². The molecule has 20 heavy (non-hydrogen) atoms. The number of anilines is 1. The Morgan fingerprint density at radius 1 is 1.35 bits per heavy atom. The summed E-state index contributed by atoms with van der Waals surface area (Å²) in [5.41, 5.74) is 7.94. The minimum absolute atomic E-state index is 0.0976. The fourth-order valence-electron chi connectivity index (χ4n) is 3.08. The van der Waals surface area contributed by atoms with Crippen LogP contribution in [0.5, 0.6) is 0 Å². The number of para-hydroxylation sites is 1. The first-order valence-corrected chi connectivity index (χ1v) is 7.93. The Labute approximate surface area is 122 Å². The van der Waals surface area contributed by atoms with E-state index in [-0.39, 0.29) is 11.9 Å². The topological polar surface area (TPSA) is 29.3 Å². The highest BCUT2D eigenvalue weighted by Crippen LogP contribution is 2.30. The normalized spacial score (nSPS) is 21.6. The third-order valence-corrected chi connectivity index (χ3v) is 4.42. The highest BCUT2D eigenvalue weighted by Gasteiger charge is 2.23. The van der Waals surface area contributed by atoms with Gasteiger partial charge in [-0.25, -0.2) is 4.39 Å². The molecular weight excluding hydrogens is 251 g/mol. The average Bonchev–Trinajstić information content (AvgIpc) is 2.64. The molecule has 1 fully saturated rings. The van der Waals surface area contributed by atoms with Crippen molar-refractivity contribution in [3.63, 3.8) is 0 Å². The summed E-state index contributed by atoms with van der Waals surface area (Å²) in [5, 5.41) is 0. The molecule has 1 aliphatic heterocycles. The zero-order chi connectivity index (χ0) is 14.5. The Kier molecular flexibility index (Phi) is 5.41. The van der Waals surface area contributed by atoms with Crippen molar-refractivity contribution in [2.75, 3.05) is 11.4 Å². The second-order valence-corrected chi connectivity index (χ2v) is 6.01. The van der Waals surface area contributed by atoms with Crippen molar-refractivity contribution in [3.8, 4) is 0 Å². The largest absolute Gasteiger partial charge is 0.366 e. The van der Waals surface area contributed by atoms with Crippen LogP contribution < -0.4 is 10.6 Å². The van der Waals surface area contributed by atoms with Crippen molar-refractivity contribution in [1.82, 2.24) is 0 Å². The van der Waals surface area contributed by atoms with E-state index in [0.717, 1.165) is 43.5 Å². The van der Waals surface area contributed by atoms with E-state index in [9.17, 15) is 4.39 Å². The second-order valence-electron chi connectivity index (χ2n) is 6.01. The monoisotopic (exact) mass is 278 g/mol. The highest BCUT2D eigenvalue weighted by molar-refractivity contribution is 5.56. The van der Waals surface area contributed by atoms with E-state index in [1.807, 2.05) is 6.07 Å². The Morgan fingerprint density at radius 2 is 2.15 bits per heavy atom. The van der Waals surface area contributed by atoms with Crippen molar-refractivity contribution in [2.24, 2.45) is 5.73 Å². The predicted molar refractivity (Wildman–Crippen MR) is 83.6 cm³/mol. The van der Waals surface area contributed by atoms with Crippen molar-refractivity contribution >= 4 is 5.69 Å². The van der Waals surface area contributed by atoms with Crippen LogP contribution in [0.4, 0.5) is 10.1 Å². The first-order chi connectivity index (χ1) is 9.63. The number of nitrogens with two attached hydrogens (primary N) is 1. The van der Waals surface area contributed by atoms with Gasteiger partial charge in [-0.15, -0.1) is 0 Å². The standard InChI is InChI=1S/C17H27FN2/c1-3-15(19)12-14-9-7-10-16(18)17(14)20-11-6-4-5-8-13(20)2/h7,9-10,13,15H,3-6,8,11-12,19H2,1-2H3. The number of nitrogens with zero attached hydrogens (tertiary/aromatic N) is 1. The SMILES string of the molecule is CCC(N)Cc1cccc(F)c1N1CCCCCC1C. The molecule has 2 unspecified atom stereocenters. The lowest BCUT2D eigenvalue weighted by Crippen LogP contribution is -2.34. The van der Waals surface area contributed by atoms with Crippen LogP contribution in [-0.2, 0) is 6.42 Å². The molecule has 112 valence electrons. The van der Waals surface area contributed by atoms with Crippen LogP contribution in [0.3, 0.4) is 0 Å². The zero-order valence-corrected chi connectivity index (χ0v) is 12.7. The van der Waals surface area contributed by atoms with Gasteiger partial charge in [-0.2, -0.15) is 0 Å². The third kappa shape index (κ3) is 3.51. The van der Waals surface area contributed by atoms with Gasteiger partial charge in [0.25, 0.3) is 0 Å². The number of rotatable bonds is 4. The predicted octanol–water partition coefficient (Wildman–Crippen LogP) is 3.87. The van der Waals surface area contributed by atoms with E-state index in [1.165, 1.54) is 12.8 Å². The molecule has 1 aromatic rings. The number of halogens is 1. The summed E-state index contributed by atoms with van der Waals surface area (Å²) < 4.78 is 14.4. The number of benzene rings is 1. The molecule has 0 spiro atoms. The van der Waals surface area contributed by atoms with Gasteiger partial charge in [0.1, 0.15) is 5.82 Å². The molecule has 0 radical (unpaired) electrons. The fourth-order valence-corrected chi connectivity index (χ4v) is 3.08. The highest BCUT2D eigenvalue weighted by atomic mass is 19.1. The van der Waals surface area contributed by atoms with Crippen molar-refractivity contribution in [2.45, 2.75) is 64.5 Å². The van der Waals surface area contributed by atoms with Crippen LogP contribution in [0.1, 0.15) is 51.5 Å². The maximum Gasteiger partial charge on any atom is 0.146 e. The van der Waals surface area contributed by atoms with E-state index in [4.69, 9.17) is 5.73 Å². The molecule has 0 saturated carbocycles. The van der Waals surface area contributed by atoms with Crippen LogP contribution in [0.25, 0.3) is 0 Å². The molecule has 0 amide bonds. The maximum absolute atomic E-state index is 14.4. The molecule has 0 aromatic heterocycles. The van der Waals surface area contributed by atoms with E-state index >= 15 is 0 Å². The van der Waals surface area contributed by atoms with E-state index in [0.29, 0.717) is 6.04 Å². The molecule has 2 rings (SSSR count). The molecule has 2 atom stereocenters. The van der Waals surface area contributed by atoms with E-state index in [2.05, 4.69) is 18.7 Å². The summed E-state index contributed by atoms with van der Waals surface area (Å²) in [7, 11) is 0. The quantitative estimate of drug-likeness (QED) is 0.905. The van der Waals surface area contributed by atoms with E-state index in [1.54, 1.807) is 12.1 Å². The third-order valence-electron chi connectivity index (χ3n) is 4.42. The van der Waals surface area contributed by atoms with Crippen molar-refractivity contribution in [1.29, 1.82) is 0 Å². The van der Waals surface area contributed by atoms with Crippen LogP contribution in [-0.4, -0.2) is 18.6 Å². The molecule has 3 heteroatoms. The molecule has 0 aliphatic carbocycles. The van der Waals surface area contributed by atoms with Gasteiger partial charge in [0.15, 0.2) is 0 Å². The van der Waals surface area contributed by atoms with Gasteiger partial charge in [-0.05, 0) is 44.2 Å². The van der Waals surface area contributed by atoms with Crippen LogP contribution >= 0.6 is 0 Å². The lowest BCUT2D eigenvalue weighted by atomic mass is 10.0. The van der Waals surface area contributed by atoms with Gasteiger partial charge in [0.2, 0.25) is 0 Å². The first-order valence-electron chi connectivity index (χ1n) is 7.93. The average molecular weight is 278 g/mol. The lowest BCUT2D eigenvalue weighted by molar-refractivity contribution is 0.571. The fraction of sp³-hybridized carbons (Fsp3) is 0.647. The Morgan fingerprint density at radius 3 is 2.90 bits per heavy atom. The van der Waals surface area contributed by atoms with Crippen molar-refractivity contribution < 1.29 is 4.39 Å². The number of hydrogen-bond donors (Lipinski definition) is 1. The van der Waals surface area contributed by atoms with Gasteiger partial charge in [-0.1, -0.05) is 31.9 Å². The van der Waals surface area contributed by atoms with Crippen LogP contribution in [0.2, 0.25) is 0 Å². The summed E-state index contributed by atoms with van der Waals surface area (Å²) in [5.74, 6) is -0.0976. The Balaban J connectivity index is 2.32. The van der Waals surface area contributed by atoms with Crippen LogP contribution in [0.15, 0.2) is 18.2 Å². The number of hydrogen-bond acceptors (Lipinski definition) is 2. The molecule has 2 nitrogen and oxygen atoms in total.